The van der Waals surface area contributed by atoms with E-state index in [-0.39, 0.29) is 47.4 Å². The molecule has 50 heavy (non-hydrogen) atoms. The molecule has 0 saturated heterocycles. The van der Waals surface area contributed by atoms with Crippen LogP contribution >= 0.6 is 23.4 Å². The van der Waals surface area contributed by atoms with E-state index in [2.05, 4.69) is 38.7 Å². The molecule has 0 fully saturated rings. The maximum absolute atomic E-state index is 12.6. The number of aromatic nitrogens is 3. The van der Waals surface area contributed by atoms with Crippen LogP contribution in [0.2, 0.25) is 0 Å². The predicted molar refractivity (Wildman–Crippen MR) is 191 cm³/mol. The van der Waals surface area contributed by atoms with Crippen LogP contribution in [-0.4, -0.2) is 90.8 Å². The highest BCUT2D eigenvalue weighted by Crippen LogP contribution is 2.32. The molecule has 18 heteroatoms. The zero-order valence-electron chi connectivity index (χ0n) is 29.0. The molecular formula is C32H43ClN6O9S2. The summed E-state index contributed by atoms with van der Waals surface area (Å²) in [5.74, 6) is 0.689. The number of hydrogen-bond acceptors (Lipinski definition) is 14. The van der Waals surface area contributed by atoms with Crippen LogP contribution in [0.25, 0.3) is 0 Å². The lowest BCUT2D eigenvalue weighted by molar-refractivity contribution is -0.116. The summed E-state index contributed by atoms with van der Waals surface area (Å²) < 4.78 is 36.5. The number of aliphatic hydroxyl groups is 1. The number of allylic oxidation sites excluding steroid dienone is 2. The van der Waals surface area contributed by atoms with Crippen LogP contribution < -0.4 is 14.4 Å². The van der Waals surface area contributed by atoms with E-state index in [9.17, 15) is 27.9 Å². The molecule has 15 nitrogen and oxygen atoms in total. The Balaban J connectivity index is 0.000000352. The van der Waals surface area contributed by atoms with Gasteiger partial charge in [-0.25, -0.2) is 22.7 Å². The van der Waals surface area contributed by atoms with Crippen molar-refractivity contribution in [3.8, 4) is 6.01 Å². The van der Waals surface area contributed by atoms with E-state index < -0.39 is 26.9 Å². The number of thioether (sulfide) groups is 1. The summed E-state index contributed by atoms with van der Waals surface area (Å²) in [6.45, 7) is 7.99. The number of Topliss-reactive ketones (excluding diaryl/α,β-unsaturated/α-hetero) is 1. The topological polar surface area (TPSA) is 200 Å². The highest BCUT2D eigenvalue weighted by molar-refractivity contribution is 7.99. The Labute approximate surface area is 301 Å². The van der Waals surface area contributed by atoms with Crippen molar-refractivity contribution < 1.29 is 42.2 Å². The summed E-state index contributed by atoms with van der Waals surface area (Å²) in [5.41, 5.74) is 1.99. The Morgan fingerprint density at radius 3 is 2.50 bits per heavy atom. The number of aryl methyl sites for hydroxylation is 1. The number of oxime groups is 1. The average molecular weight is 755 g/mol. The molecule has 1 aliphatic rings. The van der Waals surface area contributed by atoms with Crippen LogP contribution in [0.15, 0.2) is 57.3 Å². The third-order valence-electron chi connectivity index (χ3n) is 7.00. The first-order chi connectivity index (χ1) is 23.7. The number of carbonyl (C=O) groups is 3. The standard InChI is InChI=1S/C17H26ClNO3S.C15H17N5O6S/c1-4-14(19-22-8-6-7-18)17-15(20)10-13(11-16(17)21)9-12(3)23-5-2;1-9-16-13(18-14(17-9)26-4)20(2)15(22)19-27(23,24)11-8-6-5-7-10(11)12(21)25-3/h6-7,12-13,20H,4-5,8-11H2,1-3H3;5-8H,1-4H3,(H,19,22)/b7-6+,19-14+;. The van der Waals surface area contributed by atoms with E-state index in [1.165, 1.54) is 44.0 Å². The molecule has 2 unspecified atom stereocenters. The number of aliphatic hydroxyl groups excluding tert-OH is 1. The number of carbonyl (C=O) groups excluding carboxylic acids is 3. The monoisotopic (exact) mass is 754 g/mol. The van der Waals surface area contributed by atoms with Crippen LogP contribution in [0.3, 0.4) is 0 Å². The van der Waals surface area contributed by atoms with E-state index >= 15 is 0 Å². The molecule has 2 N–H and O–H groups in total. The number of ketones is 1. The Bertz CT molecular complexity index is 1700. The minimum absolute atomic E-state index is 0.0314. The molecule has 2 amide bonds. The first kappa shape index (κ1) is 41.9. The van der Waals surface area contributed by atoms with Gasteiger partial charge in [-0.2, -0.15) is 26.7 Å². The second-order valence-electron chi connectivity index (χ2n) is 10.7. The normalized spacial score (nSPS) is 15.6. The van der Waals surface area contributed by atoms with E-state index in [0.717, 1.165) is 24.2 Å². The predicted octanol–water partition coefficient (Wildman–Crippen LogP) is 5.35. The SMILES string of the molecule is CCSC(C)CC1CC(=O)C(/C(CC)=N/OC/C=C/Cl)=C(O)C1.COC(=O)c1ccccc1S(=O)(=O)NC(=O)N(C)c1nc(C)nc(OC)n1. The average Bonchev–Trinajstić information content (AvgIpc) is 3.08. The Morgan fingerprint density at radius 1 is 1.20 bits per heavy atom. The van der Waals surface area contributed by atoms with Gasteiger partial charge in [0, 0.05) is 30.7 Å². The summed E-state index contributed by atoms with van der Waals surface area (Å²) in [6, 6.07) is 4.26. The van der Waals surface area contributed by atoms with E-state index in [4.69, 9.17) is 21.2 Å². The van der Waals surface area contributed by atoms with Crippen molar-refractivity contribution in [2.45, 2.75) is 63.5 Å². The number of nitrogens with zero attached hydrogens (tertiary/aromatic N) is 5. The molecule has 0 bridgehead atoms. The number of halogens is 1. The van der Waals surface area contributed by atoms with Gasteiger partial charge in [-0.1, -0.05) is 49.7 Å². The third kappa shape index (κ3) is 12.3. The van der Waals surface area contributed by atoms with E-state index in [1.807, 2.05) is 23.4 Å². The number of anilines is 1. The van der Waals surface area contributed by atoms with Gasteiger partial charge in [0.1, 0.15) is 23.1 Å². The van der Waals surface area contributed by atoms with Gasteiger partial charge in [-0.15, -0.1) is 0 Å². The lowest BCUT2D eigenvalue weighted by Crippen LogP contribution is -2.42. The molecule has 1 heterocycles. The fourth-order valence-electron chi connectivity index (χ4n) is 4.76. The van der Waals surface area contributed by atoms with Gasteiger partial charge in [-0.3, -0.25) is 9.69 Å². The minimum atomic E-state index is -4.37. The highest BCUT2D eigenvalue weighted by Gasteiger charge is 2.31. The van der Waals surface area contributed by atoms with Crippen LogP contribution in [-0.2, 0) is 24.4 Å². The number of rotatable bonds is 14. The number of amides is 2. The Kier molecular flexibility index (Phi) is 17.2. The van der Waals surface area contributed by atoms with Gasteiger partial charge in [0.15, 0.2) is 5.78 Å². The number of sulfonamides is 1. The van der Waals surface area contributed by atoms with E-state index in [1.54, 1.807) is 13.0 Å². The third-order valence-corrected chi connectivity index (χ3v) is 9.66. The molecule has 0 aliphatic heterocycles. The fourth-order valence-corrected chi connectivity index (χ4v) is 6.99. The van der Waals surface area contributed by atoms with Crippen LogP contribution in [0.5, 0.6) is 6.01 Å². The van der Waals surface area contributed by atoms with Gasteiger partial charge in [0.25, 0.3) is 10.0 Å². The number of ether oxygens (including phenoxy) is 2. The molecule has 0 radical (unpaired) electrons. The van der Waals surface area contributed by atoms with Gasteiger partial charge in [-0.05, 0) is 49.6 Å². The first-order valence-corrected chi connectivity index (χ1v) is 18.4. The largest absolute Gasteiger partial charge is 0.511 e. The van der Waals surface area contributed by atoms with Crippen LogP contribution in [0, 0.1) is 12.8 Å². The zero-order valence-corrected chi connectivity index (χ0v) is 31.4. The van der Waals surface area contributed by atoms with Crippen molar-refractivity contribution in [2.75, 3.05) is 38.5 Å². The molecule has 274 valence electrons. The number of nitrogens with one attached hydrogen (secondary N) is 1. The number of methoxy groups -OCH3 is 2. The molecule has 3 rings (SSSR count). The Morgan fingerprint density at radius 2 is 1.90 bits per heavy atom. The lowest BCUT2D eigenvalue weighted by atomic mass is 9.82. The molecule has 0 saturated carbocycles. The van der Waals surface area contributed by atoms with Crippen molar-refractivity contribution in [2.24, 2.45) is 11.1 Å². The summed E-state index contributed by atoms with van der Waals surface area (Å²) in [7, 11) is -0.640. The molecular weight excluding hydrogens is 712 g/mol. The smallest absolute Gasteiger partial charge is 0.339 e. The minimum Gasteiger partial charge on any atom is -0.511 e. The quantitative estimate of drug-likeness (QED) is 0.108. The summed E-state index contributed by atoms with van der Waals surface area (Å²) >= 11 is 7.30. The molecule has 2 atom stereocenters. The van der Waals surface area contributed by atoms with Crippen molar-refractivity contribution in [1.29, 1.82) is 0 Å². The molecule has 1 aromatic heterocycles. The highest BCUT2D eigenvalue weighted by atomic mass is 35.5. The second kappa shape index (κ2) is 20.5. The van der Waals surface area contributed by atoms with Gasteiger partial charge >= 0.3 is 18.0 Å². The first-order valence-electron chi connectivity index (χ1n) is 15.5. The van der Waals surface area contributed by atoms with Crippen LogP contribution in [0.4, 0.5) is 10.7 Å². The van der Waals surface area contributed by atoms with Crippen molar-refractivity contribution in [1.82, 2.24) is 19.7 Å². The lowest BCUT2D eigenvalue weighted by Gasteiger charge is -2.25. The Hall–Kier alpha value is -4.22. The number of benzene rings is 1. The van der Waals surface area contributed by atoms with Crippen molar-refractivity contribution >= 4 is 62.8 Å². The maximum atomic E-state index is 12.6. The molecule has 1 aromatic carbocycles. The number of urea groups is 1. The maximum Gasteiger partial charge on any atom is 0.339 e. The molecule has 0 spiro atoms. The second-order valence-corrected chi connectivity index (χ2v) is 14.3. The fraction of sp³-hybridized carbons (Fsp3) is 0.469. The van der Waals surface area contributed by atoms with Crippen LogP contribution in [0.1, 0.15) is 62.6 Å². The number of esters is 1. The summed E-state index contributed by atoms with van der Waals surface area (Å²) in [6.07, 6.45) is 4.09. The van der Waals surface area contributed by atoms with Gasteiger partial charge < -0.3 is 19.4 Å². The molecule has 2 aromatic rings. The van der Waals surface area contributed by atoms with Crippen molar-refractivity contribution in [3.05, 3.63) is 58.6 Å². The summed E-state index contributed by atoms with van der Waals surface area (Å²) in [4.78, 5) is 53.9. The van der Waals surface area contributed by atoms with Crippen molar-refractivity contribution in [3.63, 3.8) is 0 Å². The number of hydrogen-bond donors (Lipinski definition) is 2. The van der Waals surface area contributed by atoms with E-state index in [0.29, 0.717) is 35.8 Å². The summed E-state index contributed by atoms with van der Waals surface area (Å²) in [5, 5.41) is 14.8. The van der Waals surface area contributed by atoms with Gasteiger partial charge in [0.2, 0.25) is 5.95 Å². The zero-order chi connectivity index (χ0) is 37.4. The molecule has 1 aliphatic carbocycles. The van der Waals surface area contributed by atoms with Gasteiger partial charge in [0.05, 0.1) is 31.1 Å².